The highest BCUT2D eigenvalue weighted by atomic mass is 16.5. The lowest BCUT2D eigenvalue weighted by Crippen LogP contribution is -2.39. The van der Waals surface area contributed by atoms with Crippen molar-refractivity contribution in [2.45, 2.75) is 44.4 Å². The lowest BCUT2D eigenvalue weighted by atomic mass is 9.93. The van der Waals surface area contributed by atoms with Crippen LogP contribution in [0.3, 0.4) is 0 Å². The van der Waals surface area contributed by atoms with Crippen LogP contribution in [0.1, 0.15) is 31.4 Å². The number of nitrogens with two attached hydrogens (primary N) is 1. The van der Waals surface area contributed by atoms with Crippen LogP contribution < -0.4 is 5.73 Å². The Morgan fingerprint density at radius 3 is 3.00 bits per heavy atom. The van der Waals surface area contributed by atoms with Crippen molar-refractivity contribution in [3.05, 3.63) is 18.0 Å². The summed E-state index contributed by atoms with van der Waals surface area (Å²) in [6.07, 6.45) is 6.81. The van der Waals surface area contributed by atoms with Gasteiger partial charge < -0.3 is 10.5 Å². The molecular weight excluding hydrogens is 190 g/mol. The Bertz CT molecular complexity index is 311. The molecule has 4 heteroatoms. The Morgan fingerprint density at radius 1 is 1.53 bits per heavy atom. The maximum atomic E-state index is 6.00. The Morgan fingerprint density at radius 2 is 2.33 bits per heavy atom. The van der Waals surface area contributed by atoms with E-state index in [1.54, 1.807) is 4.68 Å². The van der Waals surface area contributed by atoms with Crippen LogP contribution in [0.2, 0.25) is 0 Å². The van der Waals surface area contributed by atoms with Gasteiger partial charge in [0, 0.05) is 19.3 Å². The molecule has 0 spiro atoms. The van der Waals surface area contributed by atoms with E-state index in [1.165, 1.54) is 12.8 Å². The minimum Gasteiger partial charge on any atom is -0.370 e. The first-order valence-electron chi connectivity index (χ1n) is 5.61. The zero-order valence-electron chi connectivity index (χ0n) is 9.22. The number of hydrogen-bond acceptors (Lipinski definition) is 3. The van der Waals surface area contributed by atoms with Crippen LogP contribution in [0.4, 0.5) is 0 Å². The fourth-order valence-corrected chi connectivity index (χ4v) is 2.07. The molecule has 1 saturated carbocycles. The van der Waals surface area contributed by atoms with Crippen LogP contribution in [0, 0.1) is 0 Å². The third-order valence-corrected chi connectivity index (χ3v) is 2.97. The van der Waals surface area contributed by atoms with E-state index in [0.717, 1.165) is 18.5 Å². The van der Waals surface area contributed by atoms with Crippen LogP contribution in [0.25, 0.3) is 0 Å². The van der Waals surface area contributed by atoms with Gasteiger partial charge in [-0.1, -0.05) is 12.8 Å². The van der Waals surface area contributed by atoms with Crippen LogP contribution in [0.5, 0.6) is 0 Å². The lowest BCUT2D eigenvalue weighted by molar-refractivity contribution is 0.00240. The first-order valence-corrected chi connectivity index (χ1v) is 5.61. The van der Waals surface area contributed by atoms with E-state index in [-0.39, 0.29) is 12.1 Å². The van der Waals surface area contributed by atoms with Gasteiger partial charge in [0.05, 0.1) is 18.4 Å². The summed E-state index contributed by atoms with van der Waals surface area (Å²) in [7, 11) is 1.91. The highest BCUT2D eigenvalue weighted by molar-refractivity contribution is 4.96. The molecule has 1 heterocycles. The Labute approximate surface area is 90.4 Å². The molecule has 2 unspecified atom stereocenters. The van der Waals surface area contributed by atoms with Crippen molar-refractivity contribution in [2.75, 3.05) is 0 Å². The summed E-state index contributed by atoms with van der Waals surface area (Å²) in [4.78, 5) is 0. The highest BCUT2D eigenvalue weighted by Crippen LogP contribution is 2.20. The number of ether oxygens (including phenoxy) is 1. The maximum Gasteiger partial charge on any atom is 0.0910 e. The zero-order chi connectivity index (χ0) is 10.7. The molecule has 2 atom stereocenters. The number of aromatic nitrogens is 2. The van der Waals surface area contributed by atoms with E-state index in [1.807, 2.05) is 19.3 Å². The van der Waals surface area contributed by atoms with E-state index >= 15 is 0 Å². The Balaban J connectivity index is 1.81. The first-order chi connectivity index (χ1) is 7.25. The number of hydrogen-bond donors (Lipinski definition) is 1. The van der Waals surface area contributed by atoms with Crippen LogP contribution in [-0.2, 0) is 18.4 Å². The van der Waals surface area contributed by atoms with Gasteiger partial charge in [-0.15, -0.1) is 0 Å². The Hall–Kier alpha value is -0.870. The second-order valence-corrected chi connectivity index (χ2v) is 4.28. The summed E-state index contributed by atoms with van der Waals surface area (Å²) in [5, 5.41) is 4.27. The summed E-state index contributed by atoms with van der Waals surface area (Å²) >= 11 is 0. The lowest BCUT2D eigenvalue weighted by Gasteiger charge is -2.28. The number of rotatable bonds is 3. The summed E-state index contributed by atoms with van der Waals surface area (Å²) in [6, 6.07) is 2.19. The van der Waals surface area contributed by atoms with E-state index in [0.29, 0.717) is 6.61 Å². The standard InChI is InChI=1S/C11H19N3O/c1-14-7-6-9(13-14)8-15-11-5-3-2-4-10(11)12/h6-7,10-11H,2-5,8,12H2,1H3. The van der Waals surface area contributed by atoms with Gasteiger partial charge in [0.25, 0.3) is 0 Å². The molecular formula is C11H19N3O. The second-order valence-electron chi connectivity index (χ2n) is 4.28. The number of nitrogens with zero attached hydrogens (tertiary/aromatic N) is 2. The largest absolute Gasteiger partial charge is 0.370 e. The van der Waals surface area contributed by atoms with Crippen molar-refractivity contribution in [1.29, 1.82) is 0 Å². The molecule has 0 bridgehead atoms. The third kappa shape index (κ3) is 2.79. The van der Waals surface area contributed by atoms with E-state index < -0.39 is 0 Å². The summed E-state index contributed by atoms with van der Waals surface area (Å²) < 4.78 is 7.58. The molecule has 2 N–H and O–H groups in total. The normalized spacial score (nSPS) is 26.8. The van der Waals surface area contributed by atoms with Crippen molar-refractivity contribution in [1.82, 2.24) is 9.78 Å². The van der Waals surface area contributed by atoms with Gasteiger partial charge in [-0.2, -0.15) is 5.10 Å². The fourth-order valence-electron chi connectivity index (χ4n) is 2.07. The highest BCUT2D eigenvalue weighted by Gasteiger charge is 2.22. The van der Waals surface area contributed by atoms with Crippen LogP contribution in [0.15, 0.2) is 12.3 Å². The number of aryl methyl sites for hydroxylation is 1. The van der Waals surface area contributed by atoms with Crippen molar-refractivity contribution in [2.24, 2.45) is 12.8 Å². The Kier molecular flexibility index (Phi) is 3.38. The second kappa shape index (κ2) is 4.77. The van der Waals surface area contributed by atoms with Gasteiger partial charge in [-0.3, -0.25) is 4.68 Å². The quantitative estimate of drug-likeness (QED) is 0.814. The molecule has 0 aliphatic heterocycles. The fraction of sp³-hybridized carbons (Fsp3) is 0.727. The minimum atomic E-state index is 0.211. The average Bonchev–Trinajstić information content (AvgIpc) is 2.63. The smallest absolute Gasteiger partial charge is 0.0910 e. The van der Waals surface area contributed by atoms with Crippen molar-refractivity contribution in [3.63, 3.8) is 0 Å². The maximum absolute atomic E-state index is 6.00. The van der Waals surface area contributed by atoms with Crippen LogP contribution in [-0.4, -0.2) is 21.9 Å². The molecule has 15 heavy (non-hydrogen) atoms. The molecule has 2 rings (SSSR count). The van der Waals surface area contributed by atoms with Gasteiger partial charge in [-0.05, 0) is 18.9 Å². The first kappa shape index (κ1) is 10.6. The molecule has 0 saturated heterocycles. The molecule has 0 radical (unpaired) electrons. The average molecular weight is 209 g/mol. The summed E-state index contributed by atoms with van der Waals surface area (Å²) in [5.41, 5.74) is 6.98. The van der Waals surface area contributed by atoms with Gasteiger partial charge >= 0.3 is 0 Å². The van der Waals surface area contributed by atoms with Crippen molar-refractivity contribution < 1.29 is 4.74 Å². The molecule has 1 aliphatic rings. The van der Waals surface area contributed by atoms with Crippen molar-refractivity contribution >= 4 is 0 Å². The molecule has 0 amide bonds. The molecule has 4 nitrogen and oxygen atoms in total. The third-order valence-electron chi connectivity index (χ3n) is 2.97. The molecule has 1 fully saturated rings. The molecule has 1 aromatic heterocycles. The monoisotopic (exact) mass is 209 g/mol. The molecule has 1 aromatic rings. The topological polar surface area (TPSA) is 53.1 Å². The van der Waals surface area contributed by atoms with E-state index in [9.17, 15) is 0 Å². The SMILES string of the molecule is Cn1ccc(COC2CCCCC2N)n1. The zero-order valence-corrected chi connectivity index (χ0v) is 9.22. The molecule has 0 aromatic carbocycles. The predicted octanol–water partition coefficient (Wildman–Crippen LogP) is 1.21. The predicted molar refractivity (Wildman–Crippen MR) is 58.2 cm³/mol. The summed E-state index contributed by atoms with van der Waals surface area (Å²) in [5.74, 6) is 0. The van der Waals surface area contributed by atoms with Gasteiger partial charge in [0.1, 0.15) is 0 Å². The minimum absolute atomic E-state index is 0.211. The molecule has 1 aliphatic carbocycles. The van der Waals surface area contributed by atoms with E-state index in [2.05, 4.69) is 5.10 Å². The van der Waals surface area contributed by atoms with Crippen molar-refractivity contribution in [3.8, 4) is 0 Å². The van der Waals surface area contributed by atoms with E-state index in [4.69, 9.17) is 10.5 Å². The molecule has 84 valence electrons. The van der Waals surface area contributed by atoms with Gasteiger partial charge in [0.2, 0.25) is 0 Å². The van der Waals surface area contributed by atoms with Gasteiger partial charge in [0.15, 0.2) is 0 Å². The van der Waals surface area contributed by atoms with Crippen LogP contribution >= 0.6 is 0 Å². The summed E-state index contributed by atoms with van der Waals surface area (Å²) in [6.45, 7) is 0.583. The van der Waals surface area contributed by atoms with Gasteiger partial charge in [-0.25, -0.2) is 0 Å².